The summed E-state index contributed by atoms with van der Waals surface area (Å²) in [7, 11) is 0. The second kappa shape index (κ2) is 8.73. The van der Waals surface area contributed by atoms with E-state index in [1.54, 1.807) is 18.2 Å². The molecule has 0 saturated carbocycles. The van der Waals surface area contributed by atoms with Crippen molar-refractivity contribution < 1.29 is 19.2 Å². The molecule has 0 unspecified atom stereocenters. The number of ether oxygens (including phenoxy) is 1. The van der Waals surface area contributed by atoms with Gasteiger partial charge in [-0.1, -0.05) is 6.07 Å². The molecule has 0 atom stereocenters. The van der Waals surface area contributed by atoms with Crippen molar-refractivity contribution >= 4 is 34.9 Å². The van der Waals surface area contributed by atoms with Gasteiger partial charge >= 0.3 is 5.97 Å². The van der Waals surface area contributed by atoms with E-state index in [-0.39, 0.29) is 18.1 Å². The van der Waals surface area contributed by atoms with Gasteiger partial charge in [0, 0.05) is 24.6 Å². The molecular formula is C17H15NO5S. The van der Waals surface area contributed by atoms with Crippen LogP contribution in [0.2, 0.25) is 0 Å². The number of nitrogens with zero attached hydrogens (tertiary/aromatic N) is 1. The number of nitro groups is 1. The number of carbonyl (C=O) groups excluding carboxylic acids is 2. The predicted octanol–water partition coefficient (Wildman–Crippen LogP) is 3.88. The van der Waals surface area contributed by atoms with Crippen LogP contribution in [0, 0.1) is 10.1 Å². The minimum Gasteiger partial charge on any atom is -0.463 e. The lowest BCUT2D eigenvalue weighted by Gasteiger charge is -2.01. The lowest BCUT2D eigenvalue weighted by atomic mass is 10.2. The van der Waals surface area contributed by atoms with Gasteiger partial charge in [0.05, 0.1) is 16.4 Å². The summed E-state index contributed by atoms with van der Waals surface area (Å²) < 4.78 is 5.01. The molecular weight excluding hydrogens is 330 g/mol. The van der Waals surface area contributed by atoms with Gasteiger partial charge in [-0.25, -0.2) is 4.79 Å². The molecule has 24 heavy (non-hydrogen) atoms. The molecule has 1 heterocycles. The molecule has 0 spiro atoms. The van der Waals surface area contributed by atoms with Crippen LogP contribution in [-0.2, 0) is 9.53 Å². The zero-order valence-electron chi connectivity index (χ0n) is 12.7. The van der Waals surface area contributed by atoms with Gasteiger partial charge in [0.25, 0.3) is 5.69 Å². The van der Waals surface area contributed by atoms with Gasteiger partial charge in [-0.2, -0.15) is 0 Å². The van der Waals surface area contributed by atoms with Crippen molar-refractivity contribution in [3.8, 4) is 0 Å². The van der Waals surface area contributed by atoms with E-state index < -0.39 is 10.9 Å². The largest absolute Gasteiger partial charge is 0.463 e. The number of rotatable bonds is 8. The predicted molar refractivity (Wildman–Crippen MR) is 91.0 cm³/mol. The van der Waals surface area contributed by atoms with Crippen LogP contribution in [0.4, 0.5) is 5.69 Å². The highest BCUT2D eigenvalue weighted by molar-refractivity contribution is 7.12. The molecule has 0 aliphatic heterocycles. The van der Waals surface area contributed by atoms with Gasteiger partial charge in [0.2, 0.25) is 0 Å². The highest BCUT2D eigenvalue weighted by Gasteiger charge is 2.07. The Labute approximate surface area is 142 Å². The minimum atomic E-state index is -0.517. The summed E-state index contributed by atoms with van der Waals surface area (Å²) in [6, 6.07) is 9.40. The summed E-state index contributed by atoms with van der Waals surface area (Å²) >= 11 is 1.39. The zero-order valence-corrected chi connectivity index (χ0v) is 13.5. The highest BCUT2D eigenvalue weighted by Crippen LogP contribution is 2.13. The first-order valence-corrected chi connectivity index (χ1v) is 8.10. The van der Waals surface area contributed by atoms with Crippen LogP contribution in [0.3, 0.4) is 0 Å². The van der Waals surface area contributed by atoms with Gasteiger partial charge in [0.15, 0.2) is 5.78 Å². The second-order valence-electron chi connectivity index (χ2n) is 4.85. The Kier molecular flexibility index (Phi) is 6.39. The number of esters is 1. The lowest BCUT2D eigenvalue weighted by Crippen LogP contribution is -2.05. The van der Waals surface area contributed by atoms with E-state index in [1.165, 1.54) is 35.6 Å². The molecule has 0 amide bonds. The van der Waals surface area contributed by atoms with E-state index in [9.17, 15) is 19.7 Å². The fourth-order valence-electron chi connectivity index (χ4n) is 1.89. The minimum absolute atomic E-state index is 0.00913. The van der Waals surface area contributed by atoms with Crippen LogP contribution in [-0.4, -0.2) is 23.3 Å². The summed E-state index contributed by atoms with van der Waals surface area (Å²) in [5.74, 6) is -0.473. The number of ketones is 1. The number of carbonyl (C=O) groups is 2. The van der Waals surface area contributed by atoms with Crippen LogP contribution in [0.5, 0.6) is 0 Å². The molecule has 7 heteroatoms. The number of benzene rings is 1. The SMILES string of the molecule is O=C(/C=C/c1ccc([N+](=O)[O-])cc1)OCCCC(=O)c1cccs1. The smallest absolute Gasteiger partial charge is 0.330 e. The third-order valence-corrected chi connectivity index (χ3v) is 4.02. The summed E-state index contributed by atoms with van der Waals surface area (Å²) in [5.41, 5.74) is 0.649. The fraction of sp³-hybridized carbons (Fsp3) is 0.176. The van der Waals surface area contributed by atoms with Crippen molar-refractivity contribution in [1.82, 2.24) is 0 Å². The quantitative estimate of drug-likeness (QED) is 0.181. The molecule has 1 aromatic heterocycles. The maximum atomic E-state index is 11.7. The molecule has 124 valence electrons. The maximum absolute atomic E-state index is 11.7. The molecule has 1 aromatic carbocycles. The fourth-order valence-corrected chi connectivity index (χ4v) is 2.58. The van der Waals surface area contributed by atoms with Crippen molar-refractivity contribution in [2.75, 3.05) is 6.61 Å². The molecule has 0 bridgehead atoms. The van der Waals surface area contributed by atoms with Gasteiger partial charge < -0.3 is 4.74 Å². The van der Waals surface area contributed by atoms with Crippen LogP contribution < -0.4 is 0 Å². The van der Waals surface area contributed by atoms with Crippen molar-refractivity contribution in [1.29, 1.82) is 0 Å². The molecule has 0 N–H and O–H groups in total. The van der Waals surface area contributed by atoms with E-state index in [1.807, 2.05) is 11.4 Å². The summed E-state index contributed by atoms with van der Waals surface area (Å²) in [4.78, 5) is 34.1. The Balaban J connectivity index is 1.71. The highest BCUT2D eigenvalue weighted by atomic mass is 32.1. The topological polar surface area (TPSA) is 86.5 Å². The van der Waals surface area contributed by atoms with Crippen LogP contribution in [0.25, 0.3) is 6.08 Å². The van der Waals surface area contributed by atoms with Crippen LogP contribution in [0.1, 0.15) is 28.1 Å². The van der Waals surface area contributed by atoms with Gasteiger partial charge in [-0.15, -0.1) is 11.3 Å². The van der Waals surface area contributed by atoms with Crippen molar-refractivity contribution in [3.63, 3.8) is 0 Å². The Morgan fingerprint density at radius 1 is 1.21 bits per heavy atom. The summed E-state index contributed by atoms with van der Waals surface area (Å²) in [6.07, 6.45) is 3.57. The lowest BCUT2D eigenvalue weighted by molar-refractivity contribution is -0.384. The molecule has 0 saturated heterocycles. The third-order valence-electron chi connectivity index (χ3n) is 3.10. The van der Waals surface area contributed by atoms with E-state index in [0.29, 0.717) is 23.3 Å². The first kappa shape index (κ1) is 17.6. The Morgan fingerprint density at radius 3 is 2.58 bits per heavy atom. The zero-order chi connectivity index (χ0) is 17.4. The monoisotopic (exact) mass is 345 g/mol. The number of nitro benzene ring substituents is 1. The Hall–Kier alpha value is -2.80. The Bertz CT molecular complexity index is 735. The third kappa shape index (κ3) is 5.44. The molecule has 6 nitrogen and oxygen atoms in total. The van der Waals surface area contributed by atoms with Crippen molar-refractivity contribution in [2.45, 2.75) is 12.8 Å². The normalized spacial score (nSPS) is 10.7. The molecule has 0 aliphatic rings. The molecule has 0 fully saturated rings. The number of hydrogen-bond donors (Lipinski definition) is 0. The van der Waals surface area contributed by atoms with Gasteiger partial charge in [-0.05, 0) is 41.6 Å². The number of hydrogen-bond acceptors (Lipinski definition) is 6. The average molecular weight is 345 g/mol. The van der Waals surface area contributed by atoms with Gasteiger partial charge in [-0.3, -0.25) is 14.9 Å². The van der Waals surface area contributed by atoms with Crippen molar-refractivity contribution in [2.24, 2.45) is 0 Å². The van der Waals surface area contributed by atoms with Gasteiger partial charge in [0.1, 0.15) is 0 Å². The Morgan fingerprint density at radius 2 is 1.96 bits per heavy atom. The first-order chi connectivity index (χ1) is 11.6. The van der Waals surface area contributed by atoms with Crippen LogP contribution >= 0.6 is 11.3 Å². The molecule has 2 aromatic rings. The number of non-ortho nitro benzene ring substituents is 1. The maximum Gasteiger partial charge on any atom is 0.330 e. The summed E-state index contributed by atoms with van der Waals surface area (Å²) in [6.45, 7) is 0.167. The average Bonchev–Trinajstić information content (AvgIpc) is 3.11. The summed E-state index contributed by atoms with van der Waals surface area (Å²) in [5, 5.41) is 12.4. The van der Waals surface area contributed by atoms with Crippen LogP contribution in [0.15, 0.2) is 47.9 Å². The van der Waals surface area contributed by atoms with E-state index in [4.69, 9.17) is 4.74 Å². The van der Waals surface area contributed by atoms with E-state index in [0.717, 1.165) is 0 Å². The second-order valence-corrected chi connectivity index (χ2v) is 5.80. The molecule has 2 rings (SSSR count). The number of thiophene rings is 1. The van der Waals surface area contributed by atoms with E-state index >= 15 is 0 Å². The standard InChI is InChI=1S/C17H15NO5S/c19-15(16-4-2-12-24-16)3-1-11-23-17(20)10-7-13-5-8-14(9-6-13)18(21)22/h2,4-10,12H,1,3,11H2/b10-7+. The molecule has 0 aliphatic carbocycles. The van der Waals surface area contributed by atoms with Crippen molar-refractivity contribution in [3.05, 3.63) is 68.4 Å². The number of Topliss-reactive ketones (excluding diaryl/α,β-unsaturated/α-hetero) is 1. The molecule has 0 radical (unpaired) electrons. The van der Waals surface area contributed by atoms with E-state index in [2.05, 4.69) is 0 Å². The first-order valence-electron chi connectivity index (χ1n) is 7.22.